The Morgan fingerprint density at radius 2 is 1.95 bits per heavy atom. The molecule has 0 spiro atoms. The minimum atomic E-state index is -0.429. The normalized spacial score (nSPS) is 10.0. The third kappa shape index (κ3) is 5.96. The quantitative estimate of drug-likeness (QED) is 0.696. The maximum Gasteiger partial charge on any atom is 0.239 e. The summed E-state index contributed by atoms with van der Waals surface area (Å²) in [7, 11) is 1.53. The lowest BCUT2D eigenvalue weighted by molar-refractivity contribution is -0.125. The predicted octanol–water partition coefficient (Wildman–Crippen LogP) is 0.247. The van der Waals surface area contributed by atoms with Crippen LogP contribution >= 0.6 is 0 Å². The van der Waals surface area contributed by atoms with Crippen LogP contribution in [0, 0.1) is 5.82 Å². The molecule has 0 unspecified atom stereocenters. The van der Waals surface area contributed by atoms with Crippen molar-refractivity contribution in [1.29, 1.82) is 0 Å². The summed E-state index contributed by atoms with van der Waals surface area (Å²) in [5.74, 6) is -1.13. The van der Waals surface area contributed by atoms with Crippen molar-refractivity contribution in [3.8, 4) is 0 Å². The highest BCUT2D eigenvalue weighted by Crippen LogP contribution is 2.06. The molecule has 0 aliphatic heterocycles. The van der Waals surface area contributed by atoms with Crippen LogP contribution in [0.2, 0.25) is 0 Å². The van der Waals surface area contributed by atoms with Crippen molar-refractivity contribution < 1.29 is 18.7 Å². The van der Waals surface area contributed by atoms with Gasteiger partial charge in [0.15, 0.2) is 0 Å². The molecule has 2 N–H and O–H groups in total. The van der Waals surface area contributed by atoms with Gasteiger partial charge in [-0.3, -0.25) is 9.59 Å². The molecular formula is C13H17FN2O3. The van der Waals surface area contributed by atoms with E-state index in [9.17, 15) is 14.0 Å². The number of amides is 2. The minimum Gasteiger partial charge on any atom is -0.383 e. The zero-order valence-electron chi connectivity index (χ0n) is 10.7. The van der Waals surface area contributed by atoms with E-state index in [4.69, 9.17) is 4.74 Å². The Balaban J connectivity index is 2.28. The Bertz CT molecular complexity index is 438. The summed E-state index contributed by atoms with van der Waals surface area (Å²) in [6, 6.07) is 6.04. The van der Waals surface area contributed by atoms with E-state index in [1.165, 1.54) is 19.2 Å². The third-order valence-corrected chi connectivity index (χ3v) is 2.38. The average molecular weight is 268 g/mol. The summed E-state index contributed by atoms with van der Waals surface area (Å²) < 4.78 is 18.0. The molecule has 0 saturated carbocycles. The second-order valence-corrected chi connectivity index (χ2v) is 3.89. The Kier molecular flexibility index (Phi) is 6.52. The van der Waals surface area contributed by atoms with Gasteiger partial charge >= 0.3 is 0 Å². The van der Waals surface area contributed by atoms with Gasteiger partial charge in [-0.2, -0.15) is 0 Å². The lowest BCUT2D eigenvalue weighted by atomic mass is 10.1. The number of carbonyl (C=O) groups is 2. The van der Waals surface area contributed by atoms with E-state index in [0.717, 1.165) is 0 Å². The maximum atomic E-state index is 13.3. The summed E-state index contributed by atoms with van der Waals surface area (Å²) in [5, 5.41) is 4.99. The SMILES string of the molecule is COCCNC(=O)CNC(=O)Cc1ccccc1F. The zero-order chi connectivity index (χ0) is 14.1. The van der Waals surface area contributed by atoms with Crippen molar-refractivity contribution in [1.82, 2.24) is 10.6 Å². The highest BCUT2D eigenvalue weighted by Gasteiger charge is 2.08. The van der Waals surface area contributed by atoms with Gasteiger partial charge in [-0.05, 0) is 11.6 Å². The molecule has 0 bridgehead atoms. The van der Waals surface area contributed by atoms with Crippen LogP contribution < -0.4 is 10.6 Å². The third-order valence-electron chi connectivity index (χ3n) is 2.38. The molecule has 1 aromatic rings. The van der Waals surface area contributed by atoms with Gasteiger partial charge in [-0.15, -0.1) is 0 Å². The van der Waals surface area contributed by atoms with E-state index in [-0.39, 0.29) is 18.9 Å². The van der Waals surface area contributed by atoms with Gasteiger partial charge in [0.05, 0.1) is 19.6 Å². The van der Waals surface area contributed by atoms with Crippen LogP contribution in [0.4, 0.5) is 4.39 Å². The van der Waals surface area contributed by atoms with Gasteiger partial charge in [0.1, 0.15) is 5.82 Å². The van der Waals surface area contributed by atoms with Crippen molar-refractivity contribution >= 4 is 11.8 Å². The summed E-state index contributed by atoms with van der Waals surface area (Å²) >= 11 is 0. The molecule has 5 nitrogen and oxygen atoms in total. The first-order chi connectivity index (χ1) is 9.13. The molecule has 0 heterocycles. The average Bonchev–Trinajstić information content (AvgIpc) is 2.39. The maximum absolute atomic E-state index is 13.3. The Morgan fingerprint density at radius 3 is 2.63 bits per heavy atom. The second kappa shape index (κ2) is 8.20. The monoisotopic (exact) mass is 268 g/mol. The van der Waals surface area contributed by atoms with Crippen molar-refractivity contribution in [2.75, 3.05) is 26.8 Å². The number of rotatable bonds is 7. The van der Waals surface area contributed by atoms with Gasteiger partial charge in [-0.25, -0.2) is 4.39 Å². The molecule has 0 aliphatic carbocycles. The molecule has 0 aliphatic rings. The van der Waals surface area contributed by atoms with Crippen LogP contribution in [0.25, 0.3) is 0 Å². The van der Waals surface area contributed by atoms with Gasteiger partial charge in [0.25, 0.3) is 0 Å². The number of hydrogen-bond acceptors (Lipinski definition) is 3. The standard InChI is InChI=1S/C13H17FN2O3/c1-19-7-6-15-13(18)9-16-12(17)8-10-4-2-3-5-11(10)14/h2-5H,6-9H2,1H3,(H,15,18)(H,16,17). The summed E-state index contributed by atoms with van der Waals surface area (Å²) in [5.41, 5.74) is 0.305. The smallest absolute Gasteiger partial charge is 0.239 e. The Morgan fingerprint density at radius 1 is 1.21 bits per heavy atom. The fraction of sp³-hybridized carbons (Fsp3) is 0.385. The fourth-order valence-corrected chi connectivity index (χ4v) is 1.41. The lowest BCUT2D eigenvalue weighted by Gasteiger charge is -2.07. The number of carbonyl (C=O) groups excluding carboxylic acids is 2. The van der Waals surface area contributed by atoms with Crippen molar-refractivity contribution in [3.63, 3.8) is 0 Å². The first-order valence-electron chi connectivity index (χ1n) is 5.89. The van der Waals surface area contributed by atoms with Crippen LogP contribution in [-0.2, 0) is 20.7 Å². The molecule has 2 amide bonds. The highest BCUT2D eigenvalue weighted by molar-refractivity contribution is 5.85. The number of methoxy groups -OCH3 is 1. The first kappa shape index (κ1) is 15.1. The van der Waals surface area contributed by atoms with E-state index in [0.29, 0.717) is 18.7 Å². The number of benzene rings is 1. The molecule has 1 aromatic carbocycles. The number of ether oxygens (including phenoxy) is 1. The number of hydrogen-bond donors (Lipinski definition) is 2. The van der Waals surface area contributed by atoms with E-state index in [1.54, 1.807) is 12.1 Å². The van der Waals surface area contributed by atoms with Gasteiger partial charge in [-0.1, -0.05) is 18.2 Å². The molecular weight excluding hydrogens is 251 g/mol. The minimum absolute atomic E-state index is 0.0853. The number of nitrogens with one attached hydrogen (secondary N) is 2. The van der Waals surface area contributed by atoms with Crippen LogP contribution in [0.15, 0.2) is 24.3 Å². The predicted molar refractivity (Wildman–Crippen MR) is 68.0 cm³/mol. The fourth-order valence-electron chi connectivity index (χ4n) is 1.41. The van der Waals surface area contributed by atoms with Gasteiger partial charge in [0, 0.05) is 13.7 Å². The van der Waals surface area contributed by atoms with Crippen molar-refractivity contribution in [3.05, 3.63) is 35.6 Å². The molecule has 0 fully saturated rings. The van der Waals surface area contributed by atoms with Crippen LogP contribution in [0.1, 0.15) is 5.56 Å². The number of halogens is 1. The highest BCUT2D eigenvalue weighted by atomic mass is 19.1. The molecule has 0 aromatic heterocycles. The second-order valence-electron chi connectivity index (χ2n) is 3.89. The molecule has 0 saturated heterocycles. The van der Waals surface area contributed by atoms with E-state index >= 15 is 0 Å². The van der Waals surface area contributed by atoms with E-state index in [1.807, 2.05) is 0 Å². The molecule has 0 atom stereocenters. The van der Waals surface area contributed by atoms with Crippen molar-refractivity contribution in [2.24, 2.45) is 0 Å². The molecule has 6 heteroatoms. The first-order valence-corrected chi connectivity index (χ1v) is 5.89. The Hall–Kier alpha value is -1.95. The summed E-state index contributed by atoms with van der Waals surface area (Å²) in [4.78, 5) is 22.8. The van der Waals surface area contributed by atoms with Crippen LogP contribution in [0.3, 0.4) is 0 Å². The van der Waals surface area contributed by atoms with Gasteiger partial charge < -0.3 is 15.4 Å². The largest absolute Gasteiger partial charge is 0.383 e. The molecule has 1 rings (SSSR count). The van der Waals surface area contributed by atoms with Crippen LogP contribution in [-0.4, -0.2) is 38.6 Å². The Labute approximate surface area is 111 Å². The van der Waals surface area contributed by atoms with Gasteiger partial charge in [0.2, 0.25) is 11.8 Å². The zero-order valence-corrected chi connectivity index (χ0v) is 10.7. The van der Waals surface area contributed by atoms with Crippen molar-refractivity contribution in [2.45, 2.75) is 6.42 Å². The molecule has 104 valence electrons. The van der Waals surface area contributed by atoms with E-state index < -0.39 is 11.7 Å². The molecule has 19 heavy (non-hydrogen) atoms. The van der Waals surface area contributed by atoms with Crippen LogP contribution in [0.5, 0.6) is 0 Å². The topological polar surface area (TPSA) is 67.4 Å². The molecule has 0 radical (unpaired) electrons. The van der Waals surface area contributed by atoms with E-state index in [2.05, 4.69) is 10.6 Å². The summed E-state index contributed by atoms with van der Waals surface area (Å²) in [6.07, 6.45) is -0.0853. The lowest BCUT2D eigenvalue weighted by Crippen LogP contribution is -2.38. The summed E-state index contributed by atoms with van der Waals surface area (Å²) in [6.45, 7) is 0.671.